The molecule has 0 bridgehead atoms. The largest absolute Gasteiger partial charge is 0.388 e. The van der Waals surface area contributed by atoms with Crippen LogP contribution in [-0.2, 0) is 12.8 Å². The van der Waals surface area contributed by atoms with E-state index < -0.39 is 0 Å². The molecule has 0 spiro atoms. The van der Waals surface area contributed by atoms with E-state index >= 15 is 0 Å². The van der Waals surface area contributed by atoms with Crippen LogP contribution in [0.5, 0.6) is 0 Å². The Balaban J connectivity index is 2.48. The normalized spacial score (nSPS) is 10.5. The van der Waals surface area contributed by atoms with Crippen molar-refractivity contribution in [2.24, 2.45) is 0 Å². The lowest BCUT2D eigenvalue weighted by Crippen LogP contribution is -1.99. The van der Waals surface area contributed by atoms with E-state index in [1.54, 1.807) is 0 Å². The number of allylic oxidation sites excluding steroid dienone is 1. The van der Waals surface area contributed by atoms with Crippen LogP contribution in [0.4, 0.5) is 5.69 Å². The second-order valence-corrected chi connectivity index (χ2v) is 5.68. The van der Waals surface area contributed by atoms with Crippen LogP contribution in [0.3, 0.4) is 0 Å². The highest BCUT2D eigenvalue weighted by molar-refractivity contribution is 5.71. The van der Waals surface area contributed by atoms with E-state index in [9.17, 15) is 0 Å². The molecule has 2 rings (SSSR count). The van der Waals surface area contributed by atoms with Gasteiger partial charge in [0.05, 0.1) is 0 Å². The number of benzene rings is 1. The molecule has 0 radical (unpaired) electrons. The lowest BCUT2D eigenvalue weighted by molar-refractivity contribution is 0.909. The molecule has 0 fully saturated rings. The Morgan fingerprint density at radius 2 is 2.05 bits per heavy atom. The predicted molar refractivity (Wildman–Crippen MR) is 96.5 cm³/mol. The Labute approximate surface area is 134 Å². The molecule has 22 heavy (non-hydrogen) atoms. The van der Waals surface area contributed by atoms with Gasteiger partial charge in [0.2, 0.25) is 0 Å². The van der Waals surface area contributed by atoms with E-state index in [-0.39, 0.29) is 0 Å². The highest BCUT2D eigenvalue weighted by Gasteiger charge is 2.10. The Morgan fingerprint density at radius 1 is 1.23 bits per heavy atom. The number of nitrogens with one attached hydrogen (secondary N) is 1. The number of pyridine rings is 1. The van der Waals surface area contributed by atoms with Crippen molar-refractivity contribution in [2.75, 3.05) is 12.4 Å². The van der Waals surface area contributed by atoms with Crippen molar-refractivity contribution < 1.29 is 0 Å². The quantitative estimate of drug-likeness (QED) is 0.713. The van der Waals surface area contributed by atoms with Crippen molar-refractivity contribution in [2.45, 2.75) is 39.5 Å². The maximum absolute atomic E-state index is 4.41. The lowest BCUT2D eigenvalue weighted by atomic mass is 9.93. The molecule has 0 saturated carbocycles. The Hall–Kier alpha value is -2.09. The molecule has 2 heteroatoms. The highest BCUT2D eigenvalue weighted by Crippen LogP contribution is 2.30. The van der Waals surface area contributed by atoms with E-state index in [0.717, 1.165) is 25.7 Å². The molecule has 2 nitrogen and oxygen atoms in total. The van der Waals surface area contributed by atoms with Gasteiger partial charge in [-0.05, 0) is 60.6 Å². The van der Waals surface area contributed by atoms with Gasteiger partial charge in [0.1, 0.15) is 0 Å². The molecule has 0 aliphatic heterocycles. The third-order valence-electron chi connectivity index (χ3n) is 4.08. The smallest absolute Gasteiger partial charge is 0.0370 e. The molecule has 0 atom stereocenters. The summed E-state index contributed by atoms with van der Waals surface area (Å²) in [6.07, 6.45) is 10.2. The monoisotopic (exact) mass is 294 g/mol. The molecule has 1 aromatic heterocycles. The average Bonchev–Trinajstić information content (AvgIpc) is 2.54. The van der Waals surface area contributed by atoms with Crippen LogP contribution in [0, 0.1) is 6.92 Å². The third-order valence-corrected chi connectivity index (χ3v) is 4.08. The van der Waals surface area contributed by atoms with Crippen molar-refractivity contribution in [1.82, 2.24) is 4.98 Å². The zero-order valence-corrected chi connectivity index (χ0v) is 13.9. The van der Waals surface area contributed by atoms with E-state index in [2.05, 4.69) is 48.9 Å². The summed E-state index contributed by atoms with van der Waals surface area (Å²) in [5.74, 6) is 0. The highest BCUT2D eigenvalue weighted by atomic mass is 14.8. The maximum atomic E-state index is 4.41. The summed E-state index contributed by atoms with van der Waals surface area (Å²) in [6.45, 7) is 8.21. The van der Waals surface area contributed by atoms with E-state index in [0.29, 0.717) is 0 Å². The molecule has 116 valence electrons. The molecule has 0 aliphatic rings. The summed E-state index contributed by atoms with van der Waals surface area (Å²) in [4.78, 5) is 4.41. The summed E-state index contributed by atoms with van der Waals surface area (Å²) >= 11 is 0. The van der Waals surface area contributed by atoms with E-state index in [1.165, 1.54) is 33.5 Å². The SMILES string of the molecule is C=CCCc1cc(-c2cncc(C)c2CCC)ccc1NC. The zero-order valence-electron chi connectivity index (χ0n) is 13.9. The maximum Gasteiger partial charge on any atom is 0.0370 e. The number of hydrogen-bond acceptors (Lipinski definition) is 2. The first-order valence-electron chi connectivity index (χ1n) is 8.06. The van der Waals surface area contributed by atoms with Gasteiger partial charge in [0.25, 0.3) is 0 Å². The van der Waals surface area contributed by atoms with Gasteiger partial charge in [-0.25, -0.2) is 0 Å². The van der Waals surface area contributed by atoms with Crippen LogP contribution in [0.25, 0.3) is 11.1 Å². The van der Waals surface area contributed by atoms with Gasteiger partial charge in [-0.15, -0.1) is 6.58 Å². The predicted octanol–water partition coefficient (Wildman–Crippen LogP) is 5.17. The van der Waals surface area contributed by atoms with Crippen LogP contribution >= 0.6 is 0 Å². The standard InChI is InChI=1S/C20H26N2/c1-5-7-9-17-12-16(10-11-20(17)21-4)19-14-22-13-15(3)18(19)8-6-2/h5,10-14,21H,1,6-9H2,2-4H3. The second kappa shape index (κ2) is 7.79. The molecule has 0 amide bonds. The topological polar surface area (TPSA) is 24.9 Å². The van der Waals surface area contributed by atoms with Crippen LogP contribution in [0.15, 0.2) is 43.2 Å². The molecule has 1 heterocycles. The summed E-state index contributed by atoms with van der Waals surface area (Å²) in [5, 5.41) is 3.28. The van der Waals surface area contributed by atoms with Gasteiger partial charge >= 0.3 is 0 Å². The fraction of sp³-hybridized carbons (Fsp3) is 0.350. The van der Waals surface area contributed by atoms with Gasteiger partial charge in [0.15, 0.2) is 0 Å². The fourth-order valence-electron chi connectivity index (χ4n) is 2.89. The Bertz CT molecular complexity index is 644. The minimum absolute atomic E-state index is 0.992. The van der Waals surface area contributed by atoms with Crippen LogP contribution in [0.2, 0.25) is 0 Å². The molecule has 1 aromatic carbocycles. The molecule has 0 aliphatic carbocycles. The minimum atomic E-state index is 0.992. The Morgan fingerprint density at radius 3 is 2.73 bits per heavy atom. The van der Waals surface area contributed by atoms with Crippen molar-refractivity contribution in [3.05, 3.63) is 59.9 Å². The summed E-state index contributed by atoms with van der Waals surface area (Å²) in [6, 6.07) is 6.66. The third kappa shape index (κ3) is 3.56. The number of anilines is 1. The second-order valence-electron chi connectivity index (χ2n) is 5.68. The number of rotatable bonds is 7. The lowest BCUT2D eigenvalue weighted by Gasteiger charge is -2.15. The van der Waals surface area contributed by atoms with E-state index in [1.807, 2.05) is 25.5 Å². The van der Waals surface area contributed by atoms with Crippen LogP contribution < -0.4 is 5.32 Å². The molecule has 0 unspecified atom stereocenters. The van der Waals surface area contributed by atoms with Gasteiger partial charge in [-0.1, -0.05) is 25.5 Å². The van der Waals surface area contributed by atoms with Gasteiger partial charge in [-0.3, -0.25) is 4.98 Å². The minimum Gasteiger partial charge on any atom is -0.388 e. The number of hydrogen-bond donors (Lipinski definition) is 1. The molecule has 1 N–H and O–H groups in total. The summed E-state index contributed by atoms with van der Waals surface area (Å²) in [7, 11) is 1.98. The summed E-state index contributed by atoms with van der Waals surface area (Å²) < 4.78 is 0. The van der Waals surface area contributed by atoms with Gasteiger partial charge in [-0.2, -0.15) is 0 Å². The first-order valence-corrected chi connectivity index (χ1v) is 8.06. The first-order chi connectivity index (χ1) is 10.7. The number of aromatic nitrogens is 1. The fourth-order valence-corrected chi connectivity index (χ4v) is 2.89. The zero-order chi connectivity index (χ0) is 15.9. The van der Waals surface area contributed by atoms with Crippen molar-refractivity contribution in [3.63, 3.8) is 0 Å². The molecule has 2 aromatic rings. The van der Waals surface area contributed by atoms with Crippen LogP contribution in [0.1, 0.15) is 36.5 Å². The van der Waals surface area contributed by atoms with Crippen molar-refractivity contribution in [1.29, 1.82) is 0 Å². The molecular weight excluding hydrogens is 268 g/mol. The Kier molecular flexibility index (Phi) is 5.76. The average molecular weight is 294 g/mol. The van der Waals surface area contributed by atoms with E-state index in [4.69, 9.17) is 0 Å². The first kappa shape index (κ1) is 16.3. The van der Waals surface area contributed by atoms with Crippen molar-refractivity contribution in [3.8, 4) is 11.1 Å². The van der Waals surface area contributed by atoms with Gasteiger partial charge in [0, 0.05) is 30.7 Å². The van der Waals surface area contributed by atoms with Gasteiger partial charge < -0.3 is 5.32 Å². The van der Waals surface area contributed by atoms with Crippen LogP contribution in [-0.4, -0.2) is 12.0 Å². The number of aryl methyl sites for hydroxylation is 2. The van der Waals surface area contributed by atoms with Crippen molar-refractivity contribution >= 4 is 5.69 Å². The number of nitrogens with zero attached hydrogens (tertiary/aromatic N) is 1. The molecular formula is C20H26N2. The summed E-state index contributed by atoms with van der Waals surface area (Å²) in [5.41, 5.74) is 7.77. The molecule has 0 saturated heterocycles.